The molecule has 10 atom stereocenters. The molecule has 5 bridgehead atoms. The number of piperidine rings is 1. The highest BCUT2D eigenvalue weighted by molar-refractivity contribution is 6.24. The van der Waals surface area contributed by atoms with Gasteiger partial charge in [-0.15, -0.1) is 0 Å². The van der Waals surface area contributed by atoms with Crippen LogP contribution in [0.5, 0.6) is 23.0 Å². The van der Waals surface area contributed by atoms with Gasteiger partial charge in [-0.25, -0.2) is 4.39 Å². The number of Topliss-reactive ketones (excluding diaryl/α,β-unsaturated/α-hetero) is 1. The number of halogens is 1. The fourth-order valence-electron chi connectivity index (χ4n) is 13.8. The lowest BCUT2D eigenvalue weighted by Gasteiger charge is -2.42. The molecule has 7 heterocycles. The van der Waals surface area contributed by atoms with Crippen molar-refractivity contribution >= 4 is 45.6 Å². The number of methoxy groups -OCH3 is 1. The maximum Gasteiger partial charge on any atom is 0.312 e. The van der Waals surface area contributed by atoms with Crippen LogP contribution in [0, 0.1) is 56.2 Å². The number of aromatic nitrogens is 1. The number of hydrazone groups is 1. The smallest absolute Gasteiger partial charge is 0.312 e. The van der Waals surface area contributed by atoms with Crippen LogP contribution in [0.15, 0.2) is 58.3 Å². The number of amides is 1. The SMILES string of the molecule is CO[C@H]1/C=C/O[C@@]2(C)Oc3c(C)c(O)c4c(O)c(c(/C=N/N5CCC(N(C)C6([C@@H]7CCN(c8c(F)cn9c(=O)c(C)cc(C%10CC%10)c9c8C)C7)CC6)CC5)c(O)c4c3C2=O)NC(=O)/C(C)=C\C=C\[C@H](C)[C@H](O)[C@@H](C)[C@@H](O)[C@@H](C)[C@H](O)[C@@H]1C. The van der Waals surface area contributed by atoms with Crippen molar-refractivity contribution in [3.05, 3.63) is 98.0 Å². The van der Waals surface area contributed by atoms with E-state index in [1.165, 1.54) is 63.1 Å². The number of nitrogens with one attached hydrogen (secondary N) is 1. The number of ether oxygens (including phenoxy) is 3. The van der Waals surface area contributed by atoms with E-state index >= 15 is 4.39 Å². The maximum absolute atomic E-state index is 16.2. The van der Waals surface area contributed by atoms with Gasteiger partial charge in [-0.05, 0) is 115 Å². The molecule has 442 valence electrons. The first-order chi connectivity index (χ1) is 38.8. The average Bonchev–Trinajstić information content (AvgIpc) is 1.96. The predicted molar refractivity (Wildman–Crippen MR) is 312 cm³/mol. The van der Waals surface area contributed by atoms with Gasteiger partial charge in [-0.2, -0.15) is 5.10 Å². The lowest BCUT2D eigenvalue weighted by Crippen LogP contribution is -2.50. The monoisotopic (exact) mass is 1130 g/mol. The number of hydrogen-bond donors (Lipinski definition) is 7. The summed E-state index contributed by atoms with van der Waals surface area (Å²) in [6, 6.07) is 2.21. The van der Waals surface area contributed by atoms with Crippen LogP contribution in [-0.2, 0) is 14.3 Å². The van der Waals surface area contributed by atoms with Gasteiger partial charge in [0.2, 0.25) is 0 Å². The molecular formula is C63H81FN6O12. The summed E-state index contributed by atoms with van der Waals surface area (Å²) in [7, 11) is 3.63. The summed E-state index contributed by atoms with van der Waals surface area (Å²) in [4.78, 5) is 46.8. The molecule has 19 heteroatoms. The molecule has 11 rings (SSSR count). The van der Waals surface area contributed by atoms with Crippen molar-refractivity contribution in [1.29, 1.82) is 0 Å². The zero-order chi connectivity index (χ0) is 59.2. The first kappa shape index (κ1) is 58.7. The molecule has 0 spiro atoms. The molecule has 5 aliphatic heterocycles. The van der Waals surface area contributed by atoms with Crippen LogP contribution < -0.4 is 20.5 Å². The highest BCUT2D eigenvalue weighted by Gasteiger charge is 2.56. The molecule has 4 fully saturated rings. The molecule has 7 N–H and O–H groups in total. The van der Waals surface area contributed by atoms with Crippen LogP contribution in [0.3, 0.4) is 0 Å². The number of aromatic hydroxyl groups is 3. The molecule has 2 saturated heterocycles. The van der Waals surface area contributed by atoms with Crippen molar-refractivity contribution in [1.82, 2.24) is 14.3 Å². The van der Waals surface area contributed by atoms with Gasteiger partial charge in [-0.1, -0.05) is 45.9 Å². The van der Waals surface area contributed by atoms with Gasteiger partial charge in [0.1, 0.15) is 17.2 Å². The molecule has 2 aliphatic carbocycles. The molecule has 7 aliphatic rings. The Balaban J connectivity index is 0.929. The molecule has 2 aromatic heterocycles. The largest absolute Gasteiger partial charge is 0.507 e. The van der Waals surface area contributed by atoms with Gasteiger partial charge < -0.3 is 55.1 Å². The Labute approximate surface area is 478 Å². The van der Waals surface area contributed by atoms with Crippen LogP contribution in [-0.4, -0.2) is 145 Å². The lowest BCUT2D eigenvalue weighted by atomic mass is 9.78. The lowest BCUT2D eigenvalue weighted by molar-refractivity contribution is -0.112. The normalized spacial score (nSPS) is 30.8. The number of phenolic OH excluding ortho intramolecular Hbond substituents is 3. The molecule has 0 radical (unpaired) electrons. The van der Waals surface area contributed by atoms with Gasteiger partial charge in [-0.3, -0.25) is 28.7 Å². The standard InChI is InChI=1S/C63H81FN6O12/c1-31-13-12-14-32(2)60(78)66-49-43(56(75)46-47(57(49)76)55(74)38(8)58-48(46)59(77)62(9,82-58)81-26-20-45(80-11)34(4)53(72)37(7)54(73)36(6)52(31)71)28-65-69-24-18-41(19-25-69)67(10)63(21-22-63)40-17-23-68(29-40)51-35(5)50-42(39-15-16-39)27-33(3)61(79)70(50)30-44(51)64/h12-14,20,26-28,30-31,34,36-37,39-41,45,52-54,71-76H,15-19,21-25,29H2,1-11H3,(H,66,78)/b13-12+,26-20+,32-14-,65-28+/t31-,34+,36+,37-,40+,45-,52-,53+,54+,62-/m0/s1. The molecule has 0 unspecified atom stereocenters. The summed E-state index contributed by atoms with van der Waals surface area (Å²) in [5.74, 6) is -7.58. The van der Waals surface area contributed by atoms with Crippen LogP contribution >= 0.6 is 0 Å². The summed E-state index contributed by atoms with van der Waals surface area (Å²) in [6.45, 7) is 17.5. The van der Waals surface area contributed by atoms with Crippen molar-refractivity contribution in [3.8, 4) is 23.0 Å². The number of ketones is 1. The fourth-order valence-corrected chi connectivity index (χ4v) is 13.8. The molecular weight excluding hydrogens is 1050 g/mol. The number of allylic oxidation sites excluding steroid dienone is 2. The summed E-state index contributed by atoms with van der Waals surface area (Å²) in [6.07, 6.45) is 12.7. The molecule has 2 aromatic carbocycles. The Morgan fingerprint density at radius 1 is 0.854 bits per heavy atom. The first-order valence-corrected chi connectivity index (χ1v) is 29.1. The van der Waals surface area contributed by atoms with E-state index in [-0.39, 0.29) is 67.4 Å². The number of aliphatic hydroxyl groups excluding tert-OH is 3. The number of carbonyl (C=O) groups excluding carboxylic acids is 2. The molecule has 1 amide bonds. The number of nitrogens with zero attached hydrogens (tertiary/aromatic N) is 5. The summed E-state index contributed by atoms with van der Waals surface area (Å²) in [5, 5.41) is 79.7. The quantitative estimate of drug-likeness (QED) is 0.0500. The third kappa shape index (κ3) is 10.1. The van der Waals surface area contributed by atoms with Crippen molar-refractivity contribution < 1.29 is 58.8 Å². The van der Waals surface area contributed by atoms with E-state index in [4.69, 9.17) is 19.3 Å². The van der Waals surface area contributed by atoms with Crippen LogP contribution in [0.4, 0.5) is 15.8 Å². The fraction of sp³-hybridized carbons (Fsp3) is 0.556. The van der Waals surface area contributed by atoms with Crippen molar-refractivity contribution in [3.63, 3.8) is 0 Å². The van der Waals surface area contributed by atoms with Crippen LogP contribution in [0.25, 0.3) is 16.3 Å². The first-order valence-electron chi connectivity index (χ1n) is 29.1. The van der Waals surface area contributed by atoms with Crippen molar-refractivity contribution in [2.75, 3.05) is 50.6 Å². The minimum Gasteiger partial charge on any atom is -0.507 e. The average molecular weight is 1130 g/mol. The van der Waals surface area contributed by atoms with E-state index in [0.29, 0.717) is 49.3 Å². The number of anilines is 2. The number of benzene rings is 2. The Morgan fingerprint density at radius 3 is 2.18 bits per heavy atom. The number of fused-ring (bicyclic) bond motifs is 15. The number of carbonyl (C=O) groups is 2. The van der Waals surface area contributed by atoms with Crippen LogP contribution in [0.1, 0.15) is 131 Å². The van der Waals surface area contributed by atoms with E-state index in [1.54, 1.807) is 46.8 Å². The van der Waals surface area contributed by atoms with Gasteiger partial charge >= 0.3 is 5.79 Å². The second-order valence-corrected chi connectivity index (χ2v) is 24.6. The number of aliphatic hydroxyl groups is 3. The highest BCUT2D eigenvalue weighted by Crippen LogP contribution is 2.56. The van der Waals surface area contributed by atoms with Crippen molar-refractivity contribution in [2.24, 2.45) is 34.7 Å². The highest BCUT2D eigenvalue weighted by atomic mass is 19.1. The predicted octanol–water partition coefficient (Wildman–Crippen LogP) is 8.22. The minimum absolute atomic E-state index is 0.0478. The molecule has 18 nitrogen and oxygen atoms in total. The molecule has 4 aromatic rings. The zero-order valence-corrected chi connectivity index (χ0v) is 49.0. The molecule has 2 saturated carbocycles. The number of phenols is 3. The van der Waals surface area contributed by atoms with E-state index in [1.807, 2.05) is 18.0 Å². The molecule has 82 heavy (non-hydrogen) atoms. The van der Waals surface area contributed by atoms with Gasteiger partial charge in [0.15, 0.2) is 11.6 Å². The van der Waals surface area contributed by atoms with Gasteiger partial charge in [0.05, 0.1) is 76.5 Å². The Hall–Kier alpha value is -6.51. The minimum atomic E-state index is -2.06. The van der Waals surface area contributed by atoms with E-state index in [9.17, 15) is 45.0 Å². The number of aryl methyl sites for hydroxylation is 2. The van der Waals surface area contributed by atoms with Crippen molar-refractivity contribution in [2.45, 2.75) is 155 Å². The number of pyridine rings is 2. The summed E-state index contributed by atoms with van der Waals surface area (Å²) in [5.41, 5.74) is 3.35. The van der Waals surface area contributed by atoms with Crippen LogP contribution in [0.2, 0.25) is 0 Å². The van der Waals surface area contributed by atoms with Gasteiger partial charge in [0, 0.05) is 97.6 Å². The Kier molecular flexibility index (Phi) is 15.9. The van der Waals surface area contributed by atoms with E-state index in [0.717, 1.165) is 61.6 Å². The third-order valence-corrected chi connectivity index (χ3v) is 19.5. The van der Waals surface area contributed by atoms with Gasteiger partial charge in [0.25, 0.3) is 17.2 Å². The second-order valence-electron chi connectivity index (χ2n) is 24.6. The zero-order valence-electron chi connectivity index (χ0n) is 49.0. The Bertz CT molecular complexity index is 3390. The topological polar surface area (TPSA) is 239 Å². The number of hydrogen-bond acceptors (Lipinski definition) is 16. The number of rotatable bonds is 8. The second kappa shape index (κ2) is 22.2. The maximum atomic E-state index is 16.2. The van der Waals surface area contributed by atoms with E-state index < -0.39 is 82.8 Å². The van der Waals surface area contributed by atoms with E-state index in [2.05, 4.69) is 22.2 Å². The summed E-state index contributed by atoms with van der Waals surface area (Å²) >= 11 is 0. The summed E-state index contributed by atoms with van der Waals surface area (Å²) < 4.78 is 35.7. The third-order valence-electron chi connectivity index (χ3n) is 19.5. The Morgan fingerprint density at radius 2 is 1.52 bits per heavy atom.